The molecule has 3 fully saturated rings. The van der Waals surface area contributed by atoms with Crippen LogP contribution in [0, 0.1) is 0 Å². The highest BCUT2D eigenvalue weighted by Gasteiger charge is 2.45. The number of hydrogen-bond donors (Lipinski definition) is 1. The normalized spacial score (nSPS) is 32.4. The van der Waals surface area contributed by atoms with Crippen molar-refractivity contribution in [2.45, 2.75) is 50.3 Å². The standard InChI is InChI=1S/C14H23N3O3/c15-13(18)8-17-11-6-16(10-4-2-1-3-5-10)7-12(11)20-9-14(17)19/h10-12H,1-9H2,(H2,15,18). The number of hydrogen-bond acceptors (Lipinski definition) is 4. The van der Waals surface area contributed by atoms with E-state index in [1.165, 1.54) is 32.1 Å². The van der Waals surface area contributed by atoms with Crippen molar-refractivity contribution < 1.29 is 14.3 Å². The minimum absolute atomic E-state index is 0.00863. The summed E-state index contributed by atoms with van der Waals surface area (Å²) < 4.78 is 5.66. The molecule has 1 saturated carbocycles. The molecule has 6 heteroatoms. The smallest absolute Gasteiger partial charge is 0.249 e. The summed E-state index contributed by atoms with van der Waals surface area (Å²) in [6, 6.07) is 0.606. The van der Waals surface area contributed by atoms with Crippen molar-refractivity contribution >= 4 is 11.8 Å². The molecule has 0 aromatic rings. The van der Waals surface area contributed by atoms with Gasteiger partial charge in [0.2, 0.25) is 11.8 Å². The predicted octanol–water partition coefficient (Wildman–Crippen LogP) is -0.284. The Morgan fingerprint density at radius 1 is 1.25 bits per heavy atom. The Morgan fingerprint density at radius 2 is 2.00 bits per heavy atom. The van der Waals surface area contributed by atoms with Crippen LogP contribution in [0.2, 0.25) is 0 Å². The average Bonchev–Trinajstić information content (AvgIpc) is 2.87. The highest BCUT2D eigenvalue weighted by molar-refractivity contribution is 5.85. The van der Waals surface area contributed by atoms with Gasteiger partial charge >= 0.3 is 0 Å². The van der Waals surface area contributed by atoms with Crippen molar-refractivity contribution in [3.05, 3.63) is 0 Å². The van der Waals surface area contributed by atoms with Gasteiger partial charge in [-0.15, -0.1) is 0 Å². The number of primary amides is 1. The van der Waals surface area contributed by atoms with E-state index >= 15 is 0 Å². The molecule has 2 unspecified atom stereocenters. The molecule has 2 N–H and O–H groups in total. The van der Waals surface area contributed by atoms with Gasteiger partial charge in [0, 0.05) is 19.1 Å². The van der Waals surface area contributed by atoms with E-state index in [0.717, 1.165) is 13.1 Å². The van der Waals surface area contributed by atoms with Gasteiger partial charge in [0.25, 0.3) is 0 Å². The number of amides is 2. The predicted molar refractivity (Wildman–Crippen MR) is 72.9 cm³/mol. The summed E-state index contributed by atoms with van der Waals surface area (Å²) in [5, 5.41) is 0. The minimum atomic E-state index is -0.449. The number of ether oxygens (including phenoxy) is 1. The molecule has 0 bridgehead atoms. The lowest BCUT2D eigenvalue weighted by atomic mass is 9.94. The fraction of sp³-hybridized carbons (Fsp3) is 0.857. The van der Waals surface area contributed by atoms with E-state index in [-0.39, 0.29) is 31.2 Å². The van der Waals surface area contributed by atoms with Gasteiger partial charge in [-0.1, -0.05) is 19.3 Å². The molecule has 2 saturated heterocycles. The summed E-state index contributed by atoms with van der Waals surface area (Å²) in [7, 11) is 0. The molecule has 112 valence electrons. The number of nitrogens with zero attached hydrogens (tertiary/aromatic N) is 2. The topological polar surface area (TPSA) is 75.9 Å². The third kappa shape index (κ3) is 2.67. The number of morpholine rings is 1. The average molecular weight is 281 g/mol. The van der Waals surface area contributed by atoms with E-state index in [0.29, 0.717) is 6.04 Å². The molecule has 20 heavy (non-hydrogen) atoms. The molecule has 3 rings (SSSR count). The van der Waals surface area contributed by atoms with Crippen molar-refractivity contribution in [1.29, 1.82) is 0 Å². The van der Waals surface area contributed by atoms with E-state index in [9.17, 15) is 9.59 Å². The zero-order valence-electron chi connectivity index (χ0n) is 11.8. The Labute approximate surface area is 119 Å². The van der Waals surface area contributed by atoms with Crippen LogP contribution in [0.15, 0.2) is 0 Å². The van der Waals surface area contributed by atoms with Gasteiger partial charge in [-0.3, -0.25) is 14.5 Å². The summed E-state index contributed by atoms with van der Waals surface area (Å²) in [4.78, 5) is 27.2. The summed E-state index contributed by atoms with van der Waals surface area (Å²) in [5.41, 5.74) is 5.26. The number of carbonyl (C=O) groups excluding carboxylic acids is 2. The number of nitrogens with two attached hydrogens (primary N) is 1. The Balaban J connectivity index is 1.68. The highest BCUT2D eigenvalue weighted by atomic mass is 16.5. The maximum absolute atomic E-state index is 11.9. The largest absolute Gasteiger partial charge is 0.368 e. The van der Waals surface area contributed by atoms with Gasteiger partial charge in [0.1, 0.15) is 6.61 Å². The summed E-state index contributed by atoms with van der Waals surface area (Å²) in [5.74, 6) is -0.564. The highest BCUT2D eigenvalue weighted by Crippen LogP contribution is 2.30. The first-order chi connectivity index (χ1) is 9.65. The summed E-state index contributed by atoms with van der Waals surface area (Å²) in [6.45, 7) is 1.78. The van der Waals surface area contributed by atoms with Crippen molar-refractivity contribution in [2.75, 3.05) is 26.2 Å². The summed E-state index contributed by atoms with van der Waals surface area (Å²) >= 11 is 0. The molecule has 0 aromatic heterocycles. The quantitative estimate of drug-likeness (QED) is 0.772. The van der Waals surface area contributed by atoms with Crippen molar-refractivity contribution in [2.24, 2.45) is 5.73 Å². The van der Waals surface area contributed by atoms with Gasteiger partial charge in [-0.2, -0.15) is 0 Å². The second-order valence-electron chi connectivity index (χ2n) is 6.15. The van der Waals surface area contributed by atoms with Crippen LogP contribution < -0.4 is 5.73 Å². The van der Waals surface area contributed by atoms with Crippen molar-refractivity contribution in [1.82, 2.24) is 9.80 Å². The Hall–Kier alpha value is -1.14. The number of fused-ring (bicyclic) bond motifs is 1. The van der Waals surface area contributed by atoms with Gasteiger partial charge in [0.15, 0.2) is 0 Å². The molecule has 0 radical (unpaired) electrons. The summed E-state index contributed by atoms with van der Waals surface area (Å²) in [6.07, 6.45) is 6.43. The molecule has 2 amide bonds. The van der Waals surface area contributed by atoms with Crippen LogP contribution in [0.25, 0.3) is 0 Å². The van der Waals surface area contributed by atoms with Crippen molar-refractivity contribution in [3.63, 3.8) is 0 Å². The first-order valence-corrected chi connectivity index (χ1v) is 7.58. The second kappa shape index (κ2) is 5.69. The van der Waals surface area contributed by atoms with Gasteiger partial charge in [-0.25, -0.2) is 0 Å². The van der Waals surface area contributed by atoms with Gasteiger partial charge in [-0.05, 0) is 12.8 Å². The molecule has 2 heterocycles. The third-order valence-corrected chi connectivity index (χ3v) is 4.82. The molecule has 0 aromatic carbocycles. The fourth-order valence-electron chi connectivity index (χ4n) is 3.81. The Morgan fingerprint density at radius 3 is 2.70 bits per heavy atom. The van der Waals surface area contributed by atoms with Crippen LogP contribution >= 0.6 is 0 Å². The first kappa shape index (κ1) is 13.8. The van der Waals surface area contributed by atoms with Crippen molar-refractivity contribution in [3.8, 4) is 0 Å². The molecule has 3 aliphatic rings. The van der Waals surface area contributed by atoms with Crippen LogP contribution in [0.4, 0.5) is 0 Å². The lowest BCUT2D eigenvalue weighted by Crippen LogP contribution is -2.56. The van der Waals surface area contributed by atoms with E-state index in [1.54, 1.807) is 4.90 Å². The Bertz CT molecular complexity index is 395. The second-order valence-corrected chi connectivity index (χ2v) is 6.15. The van der Waals surface area contributed by atoms with Gasteiger partial charge in [0.05, 0.1) is 18.7 Å². The number of rotatable bonds is 3. The zero-order valence-corrected chi connectivity index (χ0v) is 11.8. The SMILES string of the molecule is NC(=O)CN1C(=O)COC2CN(C3CCCCC3)CC21. The maximum Gasteiger partial charge on any atom is 0.249 e. The van der Waals surface area contributed by atoms with E-state index in [2.05, 4.69) is 4.90 Å². The van der Waals surface area contributed by atoms with Crippen LogP contribution in [-0.2, 0) is 14.3 Å². The fourth-order valence-corrected chi connectivity index (χ4v) is 3.81. The maximum atomic E-state index is 11.9. The molecular formula is C14H23N3O3. The number of likely N-dealkylation sites (tertiary alicyclic amines) is 1. The molecule has 1 aliphatic carbocycles. The van der Waals surface area contributed by atoms with Crippen LogP contribution in [-0.4, -0.2) is 66.0 Å². The van der Waals surface area contributed by atoms with Crippen LogP contribution in [0.5, 0.6) is 0 Å². The molecular weight excluding hydrogens is 258 g/mol. The first-order valence-electron chi connectivity index (χ1n) is 7.58. The van der Waals surface area contributed by atoms with E-state index in [1.807, 2.05) is 0 Å². The zero-order chi connectivity index (χ0) is 14.1. The van der Waals surface area contributed by atoms with Crippen LogP contribution in [0.1, 0.15) is 32.1 Å². The number of carbonyl (C=O) groups is 2. The van der Waals surface area contributed by atoms with Crippen LogP contribution in [0.3, 0.4) is 0 Å². The molecule has 2 aliphatic heterocycles. The minimum Gasteiger partial charge on any atom is -0.368 e. The lowest BCUT2D eigenvalue weighted by molar-refractivity contribution is -0.155. The Kier molecular flexibility index (Phi) is 3.94. The third-order valence-electron chi connectivity index (χ3n) is 4.82. The van der Waals surface area contributed by atoms with E-state index in [4.69, 9.17) is 10.5 Å². The lowest BCUT2D eigenvalue weighted by Gasteiger charge is -2.36. The molecule has 0 spiro atoms. The van der Waals surface area contributed by atoms with E-state index < -0.39 is 5.91 Å². The van der Waals surface area contributed by atoms with Gasteiger partial charge < -0.3 is 15.4 Å². The monoisotopic (exact) mass is 281 g/mol. The molecule has 2 atom stereocenters. The molecule has 6 nitrogen and oxygen atoms in total.